The molecule has 0 amide bonds. The first kappa shape index (κ1) is 10.9. The second-order valence-corrected chi connectivity index (χ2v) is 3.28. The second-order valence-electron chi connectivity index (χ2n) is 1.94. The van der Waals surface area contributed by atoms with Crippen molar-refractivity contribution >= 4 is 23.4 Å². The molecule has 0 nitrogen and oxygen atoms in total. The summed E-state index contributed by atoms with van der Waals surface area (Å²) in [6.07, 6.45) is 11.8. The standard InChI is InChI=1S/C9H13ClS/c1-3-6-9(10)7-4-5-8-11-2/h3-7H,8H2,1-2H3/b5-4+,6-3-,9-7+. The lowest BCUT2D eigenvalue weighted by Gasteiger charge is -1.84. The Hall–Kier alpha value is -0.140. The lowest BCUT2D eigenvalue weighted by molar-refractivity contribution is 1.69. The Balaban J connectivity index is 3.71. The highest BCUT2D eigenvalue weighted by atomic mass is 35.5. The molecule has 0 aromatic heterocycles. The minimum absolute atomic E-state index is 0.768. The Morgan fingerprint density at radius 2 is 2.27 bits per heavy atom. The van der Waals surface area contributed by atoms with Gasteiger partial charge in [0.15, 0.2) is 0 Å². The Kier molecular flexibility index (Phi) is 7.86. The van der Waals surface area contributed by atoms with Crippen LogP contribution in [-0.2, 0) is 0 Å². The third-order valence-electron chi connectivity index (χ3n) is 0.980. The summed E-state index contributed by atoms with van der Waals surface area (Å²) in [5.41, 5.74) is 0. The Labute approximate surface area is 78.0 Å². The van der Waals surface area contributed by atoms with Crippen LogP contribution in [-0.4, -0.2) is 12.0 Å². The molecule has 62 valence electrons. The van der Waals surface area contributed by atoms with E-state index in [4.69, 9.17) is 11.6 Å². The first-order chi connectivity index (χ1) is 5.31. The smallest absolute Gasteiger partial charge is 0.0402 e. The molecule has 0 N–H and O–H groups in total. The zero-order valence-corrected chi connectivity index (χ0v) is 8.45. The van der Waals surface area contributed by atoms with Gasteiger partial charge in [0.05, 0.1) is 0 Å². The summed E-state index contributed by atoms with van der Waals surface area (Å²) < 4.78 is 0. The summed E-state index contributed by atoms with van der Waals surface area (Å²) in [7, 11) is 0. The van der Waals surface area contributed by atoms with E-state index < -0.39 is 0 Å². The molecule has 0 radical (unpaired) electrons. The monoisotopic (exact) mass is 188 g/mol. The van der Waals surface area contributed by atoms with Gasteiger partial charge in [-0.05, 0) is 25.3 Å². The van der Waals surface area contributed by atoms with Crippen molar-refractivity contribution in [2.24, 2.45) is 0 Å². The first-order valence-corrected chi connectivity index (χ1v) is 5.22. The molecule has 0 saturated carbocycles. The van der Waals surface area contributed by atoms with Crippen molar-refractivity contribution in [1.82, 2.24) is 0 Å². The van der Waals surface area contributed by atoms with E-state index in [0.717, 1.165) is 10.8 Å². The van der Waals surface area contributed by atoms with E-state index in [1.807, 2.05) is 31.2 Å². The van der Waals surface area contributed by atoms with Crippen molar-refractivity contribution in [1.29, 1.82) is 0 Å². The average molecular weight is 189 g/mol. The van der Waals surface area contributed by atoms with Crippen LogP contribution in [0.3, 0.4) is 0 Å². The molecule has 0 aromatic rings. The molecule has 2 heteroatoms. The van der Waals surface area contributed by atoms with Gasteiger partial charge in [-0.25, -0.2) is 0 Å². The predicted molar refractivity (Wildman–Crippen MR) is 56.3 cm³/mol. The molecule has 0 saturated heterocycles. The van der Waals surface area contributed by atoms with Gasteiger partial charge >= 0.3 is 0 Å². The molecular weight excluding hydrogens is 176 g/mol. The molecule has 0 bridgehead atoms. The van der Waals surface area contributed by atoms with Crippen molar-refractivity contribution in [3.63, 3.8) is 0 Å². The summed E-state index contributed by atoms with van der Waals surface area (Å²) in [5.74, 6) is 1.04. The summed E-state index contributed by atoms with van der Waals surface area (Å²) >= 11 is 7.57. The maximum Gasteiger partial charge on any atom is 0.0402 e. The van der Waals surface area contributed by atoms with Crippen molar-refractivity contribution in [3.8, 4) is 0 Å². The Morgan fingerprint density at radius 3 is 2.82 bits per heavy atom. The fourth-order valence-electron chi connectivity index (χ4n) is 0.527. The molecule has 0 aromatic carbocycles. The number of allylic oxidation sites excluding steroid dienone is 5. The van der Waals surface area contributed by atoms with E-state index in [9.17, 15) is 0 Å². The van der Waals surface area contributed by atoms with Gasteiger partial charge in [0.2, 0.25) is 0 Å². The van der Waals surface area contributed by atoms with Crippen molar-refractivity contribution in [2.75, 3.05) is 12.0 Å². The molecule has 0 fully saturated rings. The lowest BCUT2D eigenvalue weighted by atomic mass is 10.4. The summed E-state index contributed by atoms with van der Waals surface area (Å²) in [4.78, 5) is 0. The largest absolute Gasteiger partial charge is 0.161 e. The van der Waals surface area contributed by atoms with Gasteiger partial charge in [-0.3, -0.25) is 0 Å². The molecule has 0 heterocycles. The third kappa shape index (κ3) is 7.76. The second kappa shape index (κ2) is 7.96. The molecular formula is C9H13ClS. The van der Waals surface area contributed by atoms with Crippen LogP contribution in [0.4, 0.5) is 0 Å². The Bertz CT molecular complexity index is 168. The molecule has 0 unspecified atom stereocenters. The van der Waals surface area contributed by atoms with Gasteiger partial charge in [-0.1, -0.05) is 29.8 Å². The fourth-order valence-corrected chi connectivity index (χ4v) is 1.03. The first-order valence-electron chi connectivity index (χ1n) is 3.45. The summed E-state index contributed by atoms with van der Waals surface area (Å²) in [6.45, 7) is 1.95. The molecule has 0 atom stereocenters. The highest BCUT2D eigenvalue weighted by Crippen LogP contribution is 2.03. The fraction of sp³-hybridized carbons (Fsp3) is 0.333. The maximum atomic E-state index is 5.78. The van der Waals surface area contributed by atoms with E-state index in [1.54, 1.807) is 11.8 Å². The van der Waals surface area contributed by atoms with Crippen molar-refractivity contribution in [3.05, 3.63) is 35.4 Å². The van der Waals surface area contributed by atoms with Crippen LogP contribution in [0.15, 0.2) is 35.4 Å². The van der Waals surface area contributed by atoms with Gasteiger partial charge in [0, 0.05) is 10.8 Å². The van der Waals surface area contributed by atoms with Crippen LogP contribution in [0.2, 0.25) is 0 Å². The number of thioether (sulfide) groups is 1. The SMILES string of the molecule is C\C=C/C(Cl)=C\C=C\CSC. The van der Waals surface area contributed by atoms with Gasteiger partial charge in [0.25, 0.3) is 0 Å². The molecule has 0 rings (SSSR count). The predicted octanol–water partition coefficient (Wildman–Crippen LogP) is 3.60. The molecule has 11 heavy (non-hydrogen) atoms. The highest BCUT2D eigenvalue weighted by Gasteiger charge is 1.77. The van der Waals surface area contributed by atoms with E-state index in [0.29, 0.717) is 0 Å². The molecule has 0 aliphatic heterocycles. The highest BCUT2D eigenvalue weighted by molar-refractivity contribution is 7.98. The zero-order valence-electron chi connectivity index (χ0n) is 6.88. The minimum Gasteiger partial charge on any atom is -0.161 e. The van der Waals surface area contributed by atoms with Gasteiger partial charge < -0.3 is 0 Å². The van der Waals surface area contributed by atoms with Gasteiger partial charge in [-0.15, -0.1) is 0 Å². The van der Waals surface area contributed by atoms with Crippen LogP contribution in [0.5, 0.6) is 0 Å². The van der Waals surface area contributed by atoms with E-state index in [2.05, 4.69) is 12.3 Å². The third-order valence-corrected chi connectivity index (χ3v) is 1.76. The Morgan fingerprint density at radius 1 is 1.55 bits per heavy atom. The van der Waals surface area contributed by atoms with Crippen LogP contribution >= 0.6 is 23.4 Å². The van der Waals surface area contributed by atoms with E-state index in [-0.39, 0.29) is 0 Å². The number of rotatable bonds is 4. The average Bonchev–Trinajstić information content (AvgIpc) is 1.99. The maximum absolute atomic E-state index is 5.78. The van der Waals surface area contributed by atoms with Gasteiger partial charge in [0.1, 0.15) is 0 Å². The number of halogens is 1. The van der Waals surface area contributed by atoms with Crippen molar-refractivity contribution < 1.29 is 0 Å². The topological polar surface area (TPSA) is 0 Å². The van der Waals surface area contributed by atoms with Crippen molar-refractivity contribution in [2.45, 2.75) is 6.92 Å². The van der Waals surface area contributed by atoms with Crippen LogP contribution in [0, 0.1) is 0 Å². The quantitative estimate of drug-likeness (QED) is 0.608. The van der Waals surface area contributed by atoms with Crippen LogP contribution in [0.1, 0.15) is 6.92 Å². The normalized spacial score (nSPS) is 13.5. The minimum atomic E-state index is 0.768. The molecule has 0 aliphatic carbocycles. The van der Waals surface area contributed by atoms with Crippen LogP contribution < -0.4 is 0 Å². The summed E-state index contributed by atoms with van der Waals surface area (Å²) in [5, 5.41) is 0.768. The number of hydrogen-bond acceptors (Lipinski definition) is 1. The van der Waals surface area contributed by atoms with E-state index in [1.165, 1.54) is 0 Å². The van der Waals surface area contributed by atoms with Crippen LogP contribution in [0.25, 0.3) is 0 Å². The van der Waals surface area contributed by atoms with E-state index >= 15 is 0 Å². The molecule has 0 spiro atoms. The van der Waals surface area contributed by atoms with Gasteiger partial charge in [-0.2, -0.15) is 11.8 Å². The zero-order chi connectivity index (χ0) is 8.53. The lowest BCUT2D eigenvalue weighted by Crippen LogP contribution is -1.65. The summed E-state index contributed by atoms with van der Waals surface area (Å²) in [6, 6.07) is 0. The molecule has 0 aliphatic rings. The number of hydrogen-bond donors (Lipinski definition) is 0.